The Hall–Kier alpha value is -3.08. The van der Waals surface area contributed by atoms with E-state index in [1.165, 1.54) is 24.1 Å². The van der Waals surface area contributed by atoms with E-state index in [1.54, 1.807) is 54.6 Å². The third-order valence-corrected chi connectivity index (χ3v) is 9.10. The number of rotatable bonds is 11. The first kappa shape index (κ1) is 33.4. The predicted octanol–water partition coefficient (Wildman–Crippen LogP) is 6.34. The number of aryl methyl sites for hydroxylation is 1. The van der Waals surface area contributed by atoms with E-state index < -0.39 is 34.1 Å². The Bertz CT molecular complexity index is 1510. The fraction of sp³-hybridized carbons (Fsp3) is 0.355. The molecule has 11 heteroatoms. The summed E-state index contributed by atoms with van der Waals surface area (Å²) in [4.78, 5) is 29.0. The Morgan fingerprint density at radius 2 is 1.64 bits per heavy atom. The van der Waals surface area contributed by atoms with Crippen molar-refractivity contribution in [2.75, 3.05) is 18.0 Å². The van der Waals surface area contributed by atoms with Gasteiger partial charge < -0.3 is 15.0 Å². The van der Waals surface area contributed by atoms with E-state index in [9.17, 15) is 18.0 Å². The van der Waals surface area contributed by atoms with Crippen LogP contribution in [0.25, 0.3) is 0 Å². The summed E-state index contributed by atoms with van der Waals surface area (Å²) in [5, 5.41) is 3.50. The predicted molar refractivity (Wildman–Crippen MR) is 170 cm³/mol. The van der Waals surface area contributed by atoms with Crippen molar-refractivity contribution < 1.29 is 22.7 Å². The van der Waals surface area contributed by atoms with Gasteiger partial charge in [0.1, 0.15) is 18.3 Å². The molecule has 0 saturated heterocycles. The fourth-order valence-corrected chi connectivity index (χ4v) is 6.59. The van der Waals surface area contributed by atoms with Crippen LogP contribution in [0.1, 0.15) is 45.2 Å². The maximum atomic E-state index is 14.2. The largest absolute Gasteiger partial charge is 0.496 e. The van der Waals surface area contributed by atoms with Crippen molar-refractivity contribution >= 4 is 55.1 Å². The molecule has 3 aromatic carbocycles. The van der Waals surface area contributed by atoms with Crippen LogP contribution in [0.2, 0.25) is 5.02 Å². The van der Waals surface area contributed by atoms with Crippen molar-refractivity contribution in [3.05, 3.63) is 87.4 Å². The highest BCUT2D eigenvalue weighted by molar-refractivity contribution is 9.10. The molecule has 3 aromatic rings. The number of amides is 2. The smallest absolute Gasteiger partial charge is 0.264 e. The molecule has 2 amide bonds. The number of hydrogen-bond acceptors (Lipinski definition) is 5. The van der Waals surface area contributed by atoms with Crippen molar-refractivity contribution in [1.82, 2.24) is 10.2 Å². The zero-order chi connectivity index (χ0) is 31.2. The molecule has 1 N–H and O–H groups in total. The summed E-state index contributed by atoms with van der Waals surface area (Å²) in [6.07, 6.45) is 0.323. The lowest BCUT2D eigenvalue weighted by molar-refractivity contribution is -0.141. The molecule has 1 atom stereocenters. The molecule has 8 nitrogen and oxygen atoms in total. The van der Waals surface area contributed by atoms with Crippen molar-refractivity contribution in [2.45, 2.75) is 64.1 Å². The number of halogens is 2. The third-order valence-electron chi connectivity index (χ3n) is 6.46. The summed E-state index contributed by atoms with van der Waals surface area (Å²) in [5.74, 6) is -0.384. The quantitative estimate of drug-likeness (QED) is 0.256. The first-order valence-corrected chi connectivity index (χ1v) is 16.1. The Kier molecular flexibility index (Phi) is 11.1. The standard InChI is InChI=1S/C31H37BrClN3O5S/c1-7-27(30(38)34-31(3,4)5)35(19-22-10-12-23(33)13-11-22)29(37)20-36(24-14-8-21(2)9-15-24)42(39,40)25-16-17-28(41-6)26(32)18-25/h8-18,27H,7,19-20H2,1-6H3,(H,34,38)/t27-/m1/s1. The molecule has 42 heavy (non-hydrogen) atoms. The van der Waals surface area contributed by atoms with Crippen molar-refractivity contribution in [3.63, 3.8) is 0 Å². The molecule has 0 saturated carbocycles. The van der Waals surface area contributed by atoms with Gasteiger partial charge in [-0.2, -0.15) is 0 Å². The Balaban J connectivity index is 2.09. The Morgan fingerprint density at radius 3 is 2.17 bits per heavy atom. The van der Waals surface area contributed by atoms with Gasteiger partial charge in [0.05, 0.1) is 22.2 Å². The van der Waals surface area contributed by atoms with Crippen LogP contribution >= 0.6 is 27.5 Å². The first-order chi connectivity index (χ1) is 19.7. The number of nitrogens with one attached hydrogen (secondary N) is 1. The molecule has 0 aliphatic rings. The maximum absolute atomic E-state index is 14.2. The monoisotopic (exact) mass is 677 g/mol. The molecule has 0 fully saturated rings. The van der Waals surface area contributed by atoms with E-state index in [2.05, 4.69) is 21.2 Å². The van der Waals surface area contributed by atoms with Crippen LogP contribution in [0, 0.1) is 6.92 Å². The topological polar surface area (TPSA) is 96.0 Å². The van der Waals surface area contributed by atoms with Crippen LogP contribution in [0.15, 0.2) is 76.1 Å². The lowest BCUT2D eigenvalue weighted by atomic mass is 10.1. The summed E-state index contributed by atoms with van der Waals surface area (Å²) >= 11 is 9.44. The fourth-order valence-electron chi connectivity index (χ4n) is 4.33. The molecule has 0 aliphatic heterocycles. The summed E-state index contributed by atoms with van der Waals surface area (Å²) in [6, 6.07) is 17.4. The van der Waals surface area contributed by atoms with E-state index in [4.69, 9.17) is 16.3 Å². The van der Waals surface area contributed by atoms with Crippen molar-refractivity contribution in [1.29, 1.82) is 0 Å². The van der Waals surface area contributed by atoms with Gasteiger partial charge in [0.15, 0.2) is 0 Å². The molecule has 0 aromatic heterocycles. The molecule has 0 unspecified atom stereocenters. The van der Waals surface area contributed by atoms with Gasteiger partial charge in [-0.05, 0) is 98.1 Å². The second-order valence-corrected chi connectivity index (χ2v) is 14.1. The lowest BCUT2D eigenvalue weighted by Crippen LogP contribution is -2.55. The number of anilines is 1. The van der Waals surface area contributed by atoms with E-state index in [-0.39, 0.29) is 17.3 Å². The highest BCUT2D eigenvalue weighted by Gasteiger charge is 2.34. The normalized spacial score (nSPS) is 12.4. The molecule has 0 bridgehead atoms. The van der Waals surface area contributed by atoms with Gasteiger partial charge in [0, 0.05) is 17.1 Å². The summed E-state index contributed by atoms with van der Waals surface area (Å²) < 4.78 is 35.0. The minimum absolute atomic E-state index is 0.0229. The van der Waals surface area contributed by atoms with Gasteiger partial charge in [0.25, 0.3) is 10.0 Å². The molecular weight excluding hydrogens is 642 g/mol. The molecule has 0 spiro atoms. The minimum atomic E-state index is -4.22. The van der Waals surface area contributed by atoms with Crippen LogP contribution < -0.4 is 14.4 Å². The molecule has 0 heterocycles. The summed E-state index contributed by atoms with van der Waals surface area (Å²) in [7, 11) is -2.73. The van der Waals surface area contributed by atoms with Crippen molar-refractivity contribution in [3.8, 4) is 5.75 Å². The summed E-state index contributed by atoms with van der Waals surface area (Å²) in [5.41, 5.74) is 1.47. The van der Waals surface area contributed by atoms with Crippen LogP contribution in [-0.4, -0.2) is 50.4 Å². The number of carbonyl (C=O) groups excluding carboxylic acids is 2. The van der Waals surface area contributed by atoms with Crippen molar-refractivity contribution in [2.24, 2.45) is 0 Å². The number of benzene rings is 3. The van der Waals surface area contributed by atoms with Crippen LogP contribution in [0.3, 0.4) is 0 Å². The second-order valence-electron chi connectivity index (χ2n) is 11.0. The highest BCUT2D eigenvalue weighted by atomic mass is 79.9. The van der Waals surface area contributed by atoms with Crippen LogP contribution in [0.4, 0.5) is 5.69 Å². The second kappa shape index (κ2) is 13.9. The summed E-state index contributed by atoms with van der Waals surface area (Å²) in [6.45, 7) is 8.86. The lowest BCUT2D eigenvalue weighted by Gasteiger charge is -2.34. The van der Waals surface area contributed by atoms with Crippen LogP contribution in [-0.2, 0) is 26.2 Å². The van der Waals surface area contributed by atoms with Gasteiger partial charge in [-0.3, -0.25) is 13.9 Å². The van der Waals surface area contributed by atoms with Gasteiger partial charge in [0.2, 0.25) is 11.8 Å². The van der Waals surface area contributed by atoms with Gasteiger partial charge in [-0.25, -0.2) is 8.42 Å². The molecule has 3 rings (SSSR count). The number of nitrogens with zero attached hydrogens (tertiary/aromatic N) is 2. The number of ether oxygens (including phenoxy) is 1. The number of hydrogen-bond donors (Lipinski definition) is 1. The number of sulfonamides is 1. The van der Waals surface area contributed by atoms with E-state index in [0.717, 1.165) is 15.4 Å². The van der Waals surface area contributed by atoms with E-state index in [1.807, 2.05) is 34.6 Å². The molecular formula is C31H37BrClN3O5S. The van der Waals surface area contributed by atoms with Crippen LogP contribution in [0.5, 0.6) is 5.75 Å². The molecule has 0 aliphatic carbocycles. The SMILES string of the molecule is CC[C@H](C(=O)NC(C)(C)C)N(Cc1ccc(Cl)cc1)C(=O)CN(c1ccc(C)cc1)S(=O)(=O)c1ccc(OC)c(Br)c1. The van der Waals surface area contributed by atoms with Gasteiger partial charge in [-0.1, -0.05) is 48.4 Å². The Labute approximate surface area is 262 Å². The van der Waals surface area contributed by atoms with E-state index in [0.29, 0.717) is 27.4 Å². The zero-order valence-corrected chi connectivity index (χ0v) is 27.8. The Morgan fingerprint density at radius 1 is 1.02 bits per heavy atom. The highest BCUT2D eigenvalue weighted by Crippen LogP contribution is 2.31. The minimum Gasteiger partial charge on any atom is -0.496 e. The first-order valence-electron chi connectivity index (χ1n) is 13.4. The number of carbonyl (C=O) groups is 2. The average Bonchev–Trinajstić information content (AvgIpc) is 2.92. The van der Waals surface area contributed by atoms with Gasteiger partial charge >= 0.3 is 0 Å². The average molecular weight is 679 g/mol. The maximum Gasteiger partial charge on any atom is 0.264 e. The molecule has 0 radical (unpaired) electrons. The van der Waals surface area contributed by atoms with E-state index >= 15 is 0 Å². The van der Waals surface area contributed by atoms with Gasteiger partial charge in [-0.15, -0.1) is 0 Å². The molecule has 226 valence electrons. The zero-order valence-electron chi connectivity index (χ0n) is 24.6. The number of methoxy groups -OCH3 is 1. The third kappa shape index (κ3) is 8.49.